The summed E-state index contributed by atoms with van der Waals surface area (Å²) in [5, 5.41) is 26.1. The summed E-state index contributed by atoms with van der Waals surface area (Å²) in [7, 11) is 0. The van der Waals surface area contributed by atoms with E-state index in [1.165, 1.54) is 11.3 Å². The zero-order valence-electron chi connectivity index (χ0n) is 11.2. The molecule has 5 heteroatoms. The molecule has 2 aromatic rings. The van der Waals surface area contributed by atoms with Crippen molar-refractivity contribution in [1.82, 2.24) is 5.32 Å². The van der Waals surface area contributed by atoms with Crippen LogP contribution in [0.25, 0.3) is 0 Å². The lowest BCUT2D eigenvalue weighted by molar-refractivity contribution is -0.121. The molecule has 0 aliphatic rings. The molecule has 1 amide bonds. The van der Waals surface area contributed by atoms with Gasteiger partial charge in [-0.25, -0.2) is 0 Å². The molecular formula is C15H17NO3S. The smallest absolute Gasteiger partial charge is 0.224 e. The van der Waals surface area contributed by atoms with Gasteiger partial charge in [-0.3, -0.25) is 4.79 Å². The number of amides is 1. The summed E-state index contributed by atoms with van der Waals surface area (Å²) in [5.74, 6) is -0.0494. The highest BCUT2D eigenvalue weighted by atomic mass is 32.1. The van der Waals surface area contributed by atoms with Crippen molar-refractivity contribution in [3.8, 4) is 5.75 Å². The first-order valence-corrected chi connectivity index (χ1v) is 7.21. The highest BCUT2D eigenvalue weighted by molar-refractivity contribution is 7.08. The van der Waals surface area contributed by atoms with E-state index in [-0.39, 0.29) is 24.6 Å². The lowest BCUT2D eigenvalue weighted by Crippen LogP contribution is -2.39. The van der Waals surface area contributed by atoms with Crippen molar-refractivity contribution in [3.63, 3.8) is 0 Å². The molecule has 1 heterocycles. The molecule has 0 bridgehead atoms. The third-order valence-electron chi connectivity index (χ3n) is 3.05. The summed E-state index contributed by atoms with van der Waals surface area (Å²) in [6.07, 6.45) is 0.175. The first-order chi connectivity index (χ1) is 9.47. The summed E-state index contributed by atoms with van der Waals surface area (Å²) in [6.45, 7) is 1.82. The number of carbonyl (C=O) groups excluding carboxylic acids is 1. The zero-order valence-corrected chi connectivity index (χ0v) is 12.0. The molecule has 0 aliphatic heterocycles. The number of phenols is 1. The quantitative estimate of drug-likeness (QED) is 0.789. The summed E-state index contributed by atoms with van der Waals surface area (Å²) in [5.41, 5.74) is 0.451. The van der Waals surface area contributed by atoms with Gasteiger partial charge in [0.2, 0.25) is 5.91 Å². The Balaban J connectivity index is 1.89. The summed E-state index contributed by atoms with van der Waals surface area (Å²) in [6, 6.07) is 8.42. The van der Waals surface area contributed by atoms with Crippen LogP contribution in [0.5, 0.6) is 5.75 Å². The first-order valence-electron chi connectivity index (χ1n) is 6.27. The van der Waals surface area contributed by atoms with Crippen LogP contribution in [0.2, 0.25) is 0 Å². The van der Waals surface area contributed by atoms with Gasteiger partial charge in [-0.2, -0.15) is 11.3 Å². The van der Waals surface area contributed by atoms with Gasteiger partial charge in [0.25, 0.3) is 0 Å². The molecule has 20 heavy (non-hydrogen) atoms. The fraction of sp³-hybridized carbons (Fsp3) is 0.267. The normalized spacial score (nSPS) is 13.7. The maximum atomic E-state index is 11.8. The maximum absolute atomic E-state index is 11.8. The Hall–Kier alpha value is -1.85. The van der Waals surface area contributed by atoms with E-state index in [0.717, 1.165) is 11.1 Å². The van der Waals surface area contributed by atoms with Crippen LogP contribution >= 0.6 is 11.3 Å². The number of hydrogen-bond acceptors (Lipinski definition) is 4. The van der Waals surface area contributed by atoms with Crippen molar-refractivity contribution in [2.75, 3.05) is 6.54 Å². The number of aromatic hydroxyl groups is 1. The number of hydrogen-bond donors (Lipinski definition) is 3. The third kappa shape index (κ3) is 3.82. The van der Waals surface area contributed by atoms with Gasteiger partial charge in [-0.05, 0) is 47.0 Å². The Bertz CT molecular complexity index is 579. The molecule has 3 N–H and O–H groups in total. The molecule has 0 aliphatic carbocycles. The minimum Gasteiger partial charge on any atom is -0.508 e. The Labute approximate surface area is 121 Å². The standard InChI is InChI=1S/C15H17NO3S/c1-15(19,12-5-6-20-9-12)10-16-14(18)8-11-3-2-4-13(17)7-11/h2-7,9,17,19H,8,10H2,1H3,(H,16,18). The Morgan fingerprint density at radius 2 is 2.20 bits per heavy atom. The van der Waals surface area contributed by atoms with Gasteiger partial charge in [-0.1, -0.05) is 12.1 Å². The van der Waals surface area contributed by atoms with Crippen LogP contribution in [0.4, 0.5) is 0 Å². The van der Waals surface area contributed by atoms with Crippen molar-refractivity contribution < 1.29 is 15.0 Å². The molecule has 106 valence electrons. The van der Waals surface area contributed by atoms with Crippen LogP contribution in [0.15, 0.2) is 41.1 Å². The van der Waals surface area contributed by atoms with Gasteiger partial charge in [0, 0.05) is 0 Å². The number of benzene rings is 1. The summed E-state index contributed by atoms with van der Waals surface area (Å²) < 4.78 is 0. The highest BCUT2D eigenvalue weighted by Crippen LogP contribution is 2.22. The first kappa shape index (κ1) is 14.6. The van der Waals surface area contributed by atoms with Gasteiger partial charge in [0.05, 0.1) is 13.0 Å². The van der Waals surface area contributed by atoms with Crippen LogP contribution in [-0.2, 0) is 16.8 Å². The summed E-state index contributed by atoms with van der Waals surface area (Å²) in [4.78, 5) is 11.8. The number of aliphatic hydroxyl groups is 1. The molecule has 0 fully saturated rings. The lowest BCUT2D eigenvalue weighted by atomic mass is 9.99. The second-order valence-corrected chi connectivity index (χ2v) is 5.69. The number of thiophene rings is 1. The molecule has 1 aromatic heterocycles. The fourth-order valence-electron chi connectivity index (χ4n) is 1.86. The highest BCUT2D eigenvalue weighted by Gasteiger charge is 2.24. The number of nitrogens with one attached hydrogen (secondary N) is 1. The predicted molar refractivity (Wildman–Crippen MR) is 78.7 cm³/mol. The molecule has 1 unspecified atom stereocenters. The molecule has 2 rings (SSSR count). The lowest BCUT2D eigenvalue weighted by Gasteiger charge is -2.22. The molecular weight excluding hydrogens is 274 g/mol. The number of rotatable bonds is 5. The topological polar surface area (TPSA) is 69.6 Å². The van der Waals surface area contributed by atoms with E-state index < -0.39 is 5.60 Å². The zero-order chi connectivity index (χ0) is 14.6. The van der Waals surface area contributed by atoms with Crippen molar-refractivity contribution >= 4 is 17.2 Å². The Morgan fingerprint density at radius 1 is 1.40 bits per heavy atom. The van der Waals surface area contributed by atoms with Crippen LogP contribution in [0, 0.1) is 0 Å². The van der Waals surface area contributed by atoms with Crippen molar-refractivity contribution in [3.05, 3.63) is 52.2 Å². The third-order valence-corrected chi connectivity index (χ3v) is 3.73. The maximum Gasteiger partial charge on any atom is 0.224 e. The van der Waals surface area contributed by atoms with Gasteiger partial charge in [0.1, 0.15) is 11.4 Å². The summed E-state index contributed by atoms with van der Waals surface area (Å²) >= 11 is 1.50. The average Bonchev–Trinajstić information content (AvgIpc) is 2.91. The van der Waals surface area contributed by atoms with Crippen LogP contribution in [-0.4, -0.2) is 22.7 Å². The van der Waals surface area contributed by atoms with E-state index in [1.54, 1.807) is 31.2 Å². The molecule has 0 spiro atoms. The fourth-order valence-corrected chi connectivity index (χ4v) is 2.64. The largest absolute Gasteiger partial charge is 0.508 e. The Kier molecular flexibility index (Phi) is 4.42. The van der Waals surface area contributed by atoms with Crippen LogP contribution < -0.4 is 5.32 Å². The second-order valence-electron chi connectivity index (χ2n) is 4.91. The van der Waals surface area contributed by atoms with Gasteiger partial charge < -0.3 is 15.5 Å². The molecule has 1 atom stereocenters. The minimum atomic E-state index is -1.07. The molecule has 1 aromatic carbocycles. The van der Waals surface area contributed by atoms with E-state index >= 15 is 0 Å². The molecule has 0 radical (unpaired) electrons. The van der Waals surface area contributed by atoms with Gasteiger partial charge in [-0.15, -0.1) is 0 Å². The van der Waals surface area contributed by atoms with E-state index in [4.69, 9.17) is 0 Å². The molecule has 0 saturated heterocycles. The molecule has 4 nitrogen and oxygen atoms in total. The number of carbonyl (C=O) groups is 1. The van der Waals surface area contributed by atoms with E-state index in [9.17, 15) is 15.0 Å². The van der Waals surface area contributed by atoms with Crippen LogP contribution in [0.3, 0.4) is 0 Å². The van der Waals surface area contributed by atoms with Gasteiger partial charge >= 0.3 is 0 Å². The van der Waals surface area contributed by atoms with E-state index in [1.807, 2.05) is 16.8 Å². The second kappa shape index (κ2) is 6.07. The Morgan fingerprint density at radius 3 is 2.85 bits per heavy atom. The van der Waals surface area contributed by atoms with Crippen molar-refractivity contribution in [2.45, 2.75) is 18.9 Å². The molecule has 0 saturated carbocycles. The monoisotopic (exact) mass is 291 g/mol. The van der Waals surface area contributed by atoms with E-state index in [0.29, 0.717) is 0 Å². The number of phenolic OH excluding ortho intramolecular Hbond substituents is 1. The predicted octanol–water partition coefficient (Wildman–Crippen LogP) is 2.02. The van der Waals surface area contributed by atoms with Crippen molar-refractivity contribution in [2.24, 2.45) is 0 Å². The van der Waals surface area contributed by atoms with Crippen LogP contribution in [0.1, 0.15) is 18.1 Å². The van der Waals surface area contributed by atoms with Crippen molar-refractivity contribution in [1.29, 1.82) is 0 Å². The van der Waals surface area contributed by atoms with Gasteiger partial charge in [0.15, 0.2) is 0 Å². The minimum absolute atomic E-state index is 0.139. The average molecular weight is 291 g/mol. The SMILES string of the molecule is CC(O)(CNC(=O)Cc1cccc(O)c1)c1ccsc1. The van der Waals surface area contributed by atoms with E-state index in [2.05, 4.69) is 5.32 Å².